The highest BCUT2D eigenvalue weighted by Crippen LogP contribution is 2.10. The fourth-order valence-electron chi connectivity index (χ4n) is 2.43. The fourth-order valence-corrected chi connectivity index (χ4v) is 2.43. The molecular weight excluding hydrogens is 296 g/mol. The van der Waals surface area contributed by atoms with Gasteiger partial charge in [0.25, 0.3) is 0 Å². The van der Waals surface area contributed by atoms with Gasteiger partial charge in [-0.05, 0) is 38.5 Å². The van der Waals surface area contributed by atoms with Gasteiger partial charge in [-0.25, -0.2) is 4.79 Å². The van der Waals surface area contributed by atoms with Gasteiger partial charge in [0.2, 0.25) is 0 Å². The number of unbranched alkanes of at least 4 members (excludes halogenated alkanes) is 9. The molecule has 2 unspecified atom stereocenters. The smallest absolute Gasteiger partial charge is 0.335 e. The van der Waals surface area contributed by atoms with Crippen LogP contribution in [0.1, 0.15) is 77.0 Å². The first-order valence-electron chi connectivity index (χ1n) is 8.94. The normalized spacial score (nSPS) is 14.2. The number of aliphatic carboxylic acids is 1. The van der Waals surface area contributed by atoms with E-state index in [-0.39, 0.29) is 0 Å². The zero-order valence-corrected chi connectivity index (χ0v) is 14.2. The molecule has 0 radical (unpaired) electrons. The van der Waals surface area contributed by atoms with Crippen LogP contribution in [0.5, 0.6) is 0 Å². The van der Waals surface area contributed by atoms with E-state index in [1.807, 2.05) is 0 Å². The SMILES string of the molecule is O=C(O)C(O)C(O)CCCCC/C=C\CCCCCCCCO. The van der Waals surface area contributed by atoms with Gasteiger partial charge in [-0.2, -0.15) is 0 Å². The van der Waals surface area contributed by atoms with Gasteiger partial charge in [0, 0.05) is 6.61 Å². The summed E-state index contributed by atoms with van der Waals surface area (Å²) in [5.74, 6) is -1.37. The van der Waals surface area contributed by atoms with Crippen molar-refractivity contribution in [1.82, 2.24) is 0 Å². The number of allylic oxidation sites excluding steroid dienone is 2. The van der Waals surface area contributed by atoms with E-state index in [1.165, 1.54) is 25.7 Å². The standard InChI is InChI=1S/C18H34O5/c19-15-13-11-9-7-5-3-1-2-4-6-8-10-12-14-16(20)17(21)18(22)23/h2,4,16-17,19-21H,1,3,5-15H2,(H,22,23)/b4-2-. The van der Waals surface area contributed by atoms with Crippen LogP contribution in [0, 0.1) is 0 Å². The van der Waals surface area contributed by atoms with E-state index in [2.05, 4.69) is 12.2 Å². The lowest BCUT2D eigenvalue weighted by Gasteiger charge is -2.13. The number of aliphatic hydroxyl groups is 3. The van der Waals surface area contributed by atoms with Gasteiger partial charge in [0.1, 0.15) is 0 Å². The number of carboxylic acid groups (broad SMARTS) is 1. The van der Waals surface area contributed by atoms with Gasteiger partial charge >= 0.3 is 5.97 Å². The summed E-state index contributed by atoms with van der Waals surface area (Å²) in [6.45, 7) is 0.307. The molecule has 0 aliphatic heterocycles. The molecule has 0 spiro atoms. The first-order valence-corrected chi connectivity index (χ1v) is 8.94. The first kappa shape index (κ1) is 22.1. The number of carboxylic acids is 1. The summed E-state index contributed by atoms with van der Waals surface area (Å²) in [4.78, 5) is 10.5. The number of carbonyl (C=O) groups is 1. The molecular formula is C18H34O5. The Hall–Kier alpha value is -0.910. The second-order valence-electron chi connectivity index (χ2n) is 6.09. The third kappa shape index (κ3) is 14.4. The molecule has 4 N–H and O–H groups in total. The van der Waals surface area contributed by atoms with Crippen LogP contribution in [0.2, 0.25) is 0 Å². The van der Waals surface area contributed by atoms with E-state index in [1.54, 1.807) is 0 Å². The highest BCUT2D eigenvalue weighted by molar-refractivity contribution is 5.72. The van der Waals surface area contributed by atoms with Gasteiger partial charge in [-0.1, -0.05) is 50.7 Å². The van der Waals surface area contributed by atoms with Crippen LogP contribution in [-0.2, 0) is 4.79 Å². The molecule has 0 heterocycles. The monoisotopic (exact) mass is 330 g/mol. The molecule has 0 amide bonds. The van der Waals surface area contributed by atoms with Crippen LogP contribution in [0.15, 0.2) is 12.2 Å². The Labute approximate surface area is 140 Å². The summed E-state index contributed by atoms with van der Waals surface area (Å²) >= 11 is 0. The minimum absolute atomic E-state index is 0.307. The summed E-state index contributed by atoms with van der Waals surface area (Å²) in [5, 5.41) is 35.7. The topological polar surface area (TPSA) is 98.0 Å². The summed E-state index contributed by atoms with van der Waals surface area (Å²) in [6.07, 6.45) is 13.7. The summed E-state index contributed by atoms with van der Waals surface area (Å²) in [7, 11) is 0. The van der Waals surface area contributed by atoms with E-state index in [9.17, 15) is 9.90 Å². The molecule has 136 valence electrons. The molecule has 2 atom stereocenters. The lowest BCUT2D eigenvalue weighted by Crippen LogP contribution is -2.33. The van der Waals surface area contributed by atoms with Gasteiger partial charge in [0.15, 0.2) is 6.10 Å². The first-order chi connectivity index (χ1) is 11.1. The molecule has 0 aliphatic rings. The van der Waals surface area contributed by atoms with Crippen molar-refractivity contribution in [3.8, 4) is 0 Å². The predicted octanol–water partition coefficient (Wildman–Crippen LogP) is 3.02. The van der Waals surface area contributed by atoms with Crippen LogP contribution in [0.3, 0.4) is 0 Å². The Morgan fingerprint density at radius 3 is 1.78 bits per heavy atom. The minimum atomic E-state index is -1.67. The summed E-state index contributed by atoms with van der Waals surface area (Å²) in [5.41, 5.74) is 0. The van der Waals surface area contributed by atoms with Crippen molar-refractivity contribution >= 4 is 5.97 Å². The lowest BCUT2D eigenvalue weighted by molar-refractivity contribution is -0.153. The van der Waals surface area contributed by atoms with Gasteiger partial charge in [-0.15, -0.1) is 0 Å². The van der Waals surface area contributed by atoms with Crippen molar-refractivity contribution in [2.45, 2.75) is 89.3 Å². The Kier molecular flexibility index (Phi) is 15.3. The molecule has 0 saturated carbocycles. The van der Waals surface area contributed by atoms with Crippen molar-refractivity contribution in [3.05, 3.63) is 12.2 Å². The molecule has 23 heavy (non-hydrogen) atoms. The third-order valence-electron chi connectivity index (χ3n) is 3.93. The zero-order chi connectivity index (χ0) is 17.3. The highest BCUT2D eigenvalue weighted by Gasteiger charge is 2.22. The van der Waals surface area contributed by atoms with Crippen LogP contribution in [0.4, 0.5) is 0 Å². The molecule has 0 fully saturated rings. The largest absolute Gasteiger partial charge is 0.479 e. The average Bonchev–Trinajstić information content (AvgIpc) is 2.54. The van der Waals surface area contributed by atoms with E-state index in [0.29, 0.717) is 13.0 Å². The maximum absolute atomic E-state index is 10.5. The Morgan fingerprint density at radius 2 is 1.26 bits per heavy atom. The lowest BCUT2D eigenvalue weighted by atomic mass is 10.0. The van der Waals surface area contributed by atoms with Crippen molar-refractivity contribution in [1.29, 1.82) is 0 Å². The average molecular weight is 330 g/mol. The second kappa shape index (κ2) is 16.0. The number of aliphatic hydroxyl groups excluding tert-OH is 3. The molecule has 0 aromatic heterocycles. The molecule has 0 aromatic carbocycles. The van der Waals surface area contributed by atoms with Crippen LogP contribution in [0.25, 0.3) is 0 Å². The quantitative estimate of drug-likeness (QED) is 0.258. The molecule has 5 nitrogen and oxygen atoms in total. The maximum atomic E-state index is 10.5. The molecule has 5 heteroatoms. The Balaban J connectivity index is 3.30. The number of hydrogen-bond donors (Lipinski definition) is 4. The van der Waals surface area contributed by atoms with Crippen molar-refractivity contribution in [2.24, 2.45) is 0 Å². The minimum Gasteiger partial charge on any atom is -0.479 e. The van der Waals surface area contributed by atoms with Crippen molar-refractivity contribution < 1.29 is 25.2 Å². The Bertz CT molecular complexity index is 304. The summed E-state index contributed by atoms with van der Waals surface area (Å²) < 4.78 is 0. The van der Waals surface area contributed by atoms with Gasteiger partial charge in [-0.3, -0.25) is 0 Å². The zero-order valence-electron chi connectivity index (χ0n) is 14.2. The molecule has 0 rings (SSSR count). The van der Waals surface area contributed by atoms with Crippen LogP contribution in [-0.4, -0.2) is 45.2 Å². The molecule has 0 aromatic rings. The third-order valence-corrected chi connectivity index (χ3v) is 3.93. The number of hydrogen-bond acceptors (Lipinski definition) is 4. The highest BCUT2D eigenvalue weighted by atomic mass is 16.4. The maximum Gasteiger partial charge on any atom is 0.335 e. The van der Waals surface area contributed by atoms with E-state index >= 15 is 0 Å². The van der Waals surface area contributed by atoms with Gasteiger partial charge < -0.3 is 20.4 Å². The Morgan fingerprint density at radius 1 is 0.783 bits per heavy atom. The fraction of sp³-hybridized carbons (Fsp3) is 0.833. The van der Waals surface area contributed by atoms with Gasteiger partial charge in [0.05, 0.1) is 6.10 Å². The second-order valence-corrected chi connectivity index (χ2v) is 6.09. The van der Waals surface area contributed by atoms with Crippen molar-refractivity contribution in [3.63, 3.8) is 0 Å². The van der Waals surface area contributed by atoms with Crippen LogP contribution >= 0.6 is 0 Å². The number of rotatable bonds is 16. The van der Waals surface area contributed by atoms with E-state index in [4.69, 9.17) is 15.3 Å². The van der Waals surface area contributed by atoms with E-state index in [0.717, 1.165) is 44.9 Å². The summed E-state index contributed by atoms with van der Waals surface area (Å²) in [6, 6.07) is 0. The molecule has 0 saturated heterocycles. The van der Waals surface area contributed by atoms with E-state index < -0.39 is 18.2 Å². The van der Waals surface area contributed by atoms with Crippen molar-refractivity contribution in [2.75, 3.05) is 6.61 Å². The van der Waals surface area contributed by atoms with Crippen LogP contribution < -0.4 is 0 Å². The predicted molar refractivity (Wildman–Crippen MR) is 91.3 cm³/mol. The molecule has 0 bridgehead atoms. The molecule has 0 aliphatic carbocycles.